The fraction of sp³-hybridized carbons (Fsp3) is 0.278. The van der Waals surface area contributed by atoms with Crippen LogP contribution in [0.1, 0.15) is 36.7 Å². The molecule has 0 bridgehead atoms. The molecular weight excluding hydrogens is 330 g/mol. The van der Waals surface area contributed by atoms with E-state index < -0.39 is 11.6 Å². The summed E-state index contributed by atoms with van der Waals surface area (Å²) < 4.78 is 5.24. The van der Waals surface area contributed by atoms with Crippen molar-refractivity contribution in [2.45, 2.75) is 32.9 Å². The fourth-order valence-corrected chi connectivity index (χ4v) is 2.23. The molecule has 0 saturated heterocycles. The summed E-state index contributed by atoms with van der Waals surface area (Å²) in [6.45, 7) is 5.59. The number of ether oxygens (including phenoxy) is 1. The minimum Gasteiger partial charge on any atom is -0.508 e. The van der Waals surface area contributed by atoms with Crippen LogP contribution in [0.4, 0.5) is 5.69 Å². The van der Waals surface area contributed by atoms with Crippen molar-refractivity contribution < 1.29 is 19.7 Å². The number of hydrogen-bond donors (Lipinski definition) is 3. The standard InChI is InChI=1S/C18H20ClNO4/c1-18(2,3)24-17(23)14-6-5-13(9-16(14)22)20-10-11-8-12(19)4-7-15(11)21/h4-9,20-22H,10H2,1-3H3. The van der Waals surface area contributed by atoms with Gasteiger partial charge in [0.15, 0.2) is 0 Å². The number of phenols is 2. The van der Waals surface area contributed by atoms with E-state index in [1.54, 1.807) is 39.0 Å². The van der Waals surface area contributed by atoms with Crippen molar-refractivity contribution in [2.75, 3.05) is 5.32 Å². The number of carbonyl (C=O) groups excluding carboxylic acids is 1. The third kappa shape index (κ3) is 4.80. The highest BCUT2D eigenvalue weighted by molar-refractivity contribution is 6.30. The van der Waals surface area contributed by atoms with E-state index in [2.05, 4.69) is 5.32 Å². The molecule has 0 unspecified atom stereocenters. The summed E-state index contributed by atoms with van der Waals surface area (Å²) in [5, 5.41) is 23.4. The molecule has 6 heteroatoms. The van der Waals surface area contributed by atoms with Crippen LogP contribution in [0.25, 0.3) is 0 Å². The van der Waals surface area contributed by atoms with Crippen molar-refractivity contribution in [3.8, 4) is 11.5 Å². The molecule has 0 amide bonds. The molecule has 0 aliphatic heterocycles. The summed E-state index contributed by atoms with van der Waals surface area (Å²) in [7, 11) is 0. The number of esters is 1. The first kappa shape index (κ1) is 17.9. The molecule has 2 aromatic rings. The van der Waals surface area contributed by atoms with Crippen molar-refractivity contribution in [3.63, 3.8) is 0 Å². The Morgan fingerprint density at radius 1 is 1.12 bits per heavy atom. The maximum Gasteiger partial charge on any atom is 0.342 e. The average molecular weight is 350 g/mol. The van der Waals surface area contributed by atoms with Gasteiger partial charge in [0.25, 0.3) is 0 Å². The zero-order valence-corrected chi connectivity index (χ0v) is 14.5. The number of nitrogens with one attached hydrogen (secondary N) is 1. The number of hydrogen-bond acceptors (Lipinski definition) is 5. The summed E-state index contributed by atoms with van der Waals surface area (Å²) in [6, 6.07) is 9.34. The largest absolute Gasteiger partial charge is 0.508 e. The zero-order chi connectivity index (χ0) is 17.9. The molecule has 3 N–H and O–H groups in total. The zero-order valence-electron chi connectivity index (χ0n) is 13.8. The quantitative estimate of drug-likeness (QED) is 0.716. The second kappa shape index (κ2) is 7.01. The lowest BCUT2D eigenvalue weighted by Gasteiger charge is -2.20. The van der Waals surface area contributed by atoms with Gasteiger partial charge in [-0.25, -0.2) is 4.79 Å². The van der Waals surface area contributed by atoms with Crippen molar-refractivity contribution in [2.24, 2.45) is 0 Å². The molecule has 0 saturated carbocycles. The van der Waals surface area contributed by atoms with Gasteiger partial charge in [0.05, 0.1) is 0 Å². The van der Waals surface area contributed by atoms with Crippen molar-refractivity contribution >= 4 is 23.3 Å². The Balaban J connectivity index is 2.09. The van der Waals surface area contributed by atoms with Gasteiger partial charge in [-0.3, -0.25) is 0 Å². The lowest BCUT2D eigenvalue weighted by molar-refractivity contribution is 0.00669. The first-order valence-electron chi connectivity index (χ1n) is 7.43. The van der Waals surface area contributed by atoms with Gasteiger partial charge in [0, 0.05) is 28.9 Å². The maximum absolute atomic E-state index is 12.0. The van der Waals surface area contributed by atoms with Gasteiger partial charge < -0.3 is 20.3 Å². The number of carbonyl (C=O) groups is 1. The highest BCUT2D eigenvalue weighted by Gasteiger charge is 2.20. The molecule has 0 aliphatic carbocycles. The highest BCUT2D eigenvalue weighted by Crippen LogP contribution is 2.26. The van der Waals surface area contributed by atoms with E-state index >= 15 is 0 Å². The van der Waals surface area contributed by atoms with Crippen LogP contribution in [-0.2, 0) is 11.3 Å². The van der Waals surface area contributed by atoms with Crippen LogP contribution in [0.5, 0.6) is 11.5 Å². The van der Waals surface area contributed by atoms with Crippen LogP contribution in [0.15, 0.2) is 36.4 Å². The molecule has 2 rings (SSSR count). The van der Waals surface area contributed by atoms with Crippen molar-refractivity contribution in [1.82, 2.24) is 0 Å². The van der Waals surface area contributed by atoms with Crippen LogP contribution in [-0.4, -0.2) is 21.8 Å². The molecule has 0 atom stereocenters. The number of rotatable bonds is 4. The highest BCUT2D eigenvalue weighted by atomic mass is 35.5. The number of aromatic hydroxyl groups is 2. The third-order valence-corrected chi connectivity index (χ3v) is 3.38. The lowest BCUT2D eigenvalue weighted by Crippen LogP contribution is -2.23. The summed E-state index contributed by atoms with van der Waals surface area (Å²) in [5.41, 5.74) is 0.684. The van der Waals surface area contributed by atoms with Crippen molar-refractivity contribution in [3.05, 3.63) is 52.5 Å². The second-order valence-electron chi connectivity index (χ2n) is 6.36. The molecule has 2 aromatic carbocycles. The monoisotopic (exact) mass is 349 g/mol. The molecule has 0 heterocycles. The molecule has 0 spiro atoms. The topological polar surface area (TPSA) is 78.8 Å². The minimum absolute atomic E-state index is 0.0982. The first-order valence-corrected chi connectivity index (χ1v) is 7.81. The normalized spacial score (nSPS) is 11.2. The fourth-order valence-electron chi connectivity index (χ4n) is 2.04. The lowest BCUT2D eigenvalue weighted by atomic mass is 10.1. The number of benzene rings is 2. The van der Waals surface area contributed by atoms with E-state index in [0.29, 0.717) is 22.8 Å². The molecule has 0 radical (unpaired) electrons. The molecule has 5 nitrogen and oxygen atoms in total. The van der Waals surface area contributed by atoms with Gasteiger partial charge >= 0.3 is 5.97 Å². The van der Waals surface area contributed by atoms with Crippen LogP contribution in [0, 0.1) is 0 Å². The van der Waals surface area contributed by atoms with Crippen molar-refractivity contribution in [1.29, 1.82) is 0 Å². The minimum atomic E-state index is -0.634. The SMILES string of the molecule is CC(C)(C)OC(=O)c1ccc(NCc2cc(Cl)ccc2O)cc1O. The van der Waals surface area contributed by atoms with E-state index in [0.717, 1.165) is 0 Å². The Labute approximate surface area is 145 Å². The summed E-state index contributed by atoms with van der Waals surface area (Å²) >= 11 is 5.90. The van der Waals surface area contributed by atoms with E-state index in [4.69, 9.17) is 16.3 Å². The van der Waals surface area contributed by atoms with E-state index in [1.807, 2.05) is 0 Å². The number of phenolic OH excluding ortho intramolecular Hbond substituents is 2. The third-order valence-electron chi connectivity index (χ3n) is 3.14. The molecular formula is C18H20ClNO4. The van der Waals surface area contributed by atoms with Gasteiger partial charge in [-0.05, 0) is 51.1 Å². The molecule has 0 aromatic heterocycles. The molecule has 0 aliphatic rings. The average Bonchev–Trinajstić information content (AvgIpc) is 2.46. The predicted molar refractivity (Wildman–Crippen MR) is 93.7 cm³/mol. The summed E-state index contributed by atoms with van der Waals surface area (Å²) in [4.78, 5) is 12.0. The van der Waals surface area contributed by atoms with Gasteiger partial charge in [0.2, 0.25) is 0 Å². The number of halogens is 1. The summed E-state index contributed by atoms with van der Waals surface area (Å²) in [5.74, 6) is -0.634. The Kier molecular flexibility index (Phi) is 5.24. The Morgan fingerprint density at radius 3 is 2.46 bits per heavy atom. The van der Waals surface area contributed by atoms with E-state index in [1.165, 1.54) is 18.2 Å². The Hall–Kier alpha value is -2.40. The smallest absolute Gasteiger partial charge is 0.342 e. The van der Waals surface area contributed by atoms with Gasteiger partial charge in [-0.2, -0.15) is 0 Å². The van der Waals surface area contributed by atoms with Crippen LogP contribution >= 0.6 is 11.6 Å². The Bertz CT molecular complexity index is 753. The van der Waals surface area contributed by atoms with Gasteiger partial charge in [-0.1, -0.05) is 11.6 Å². The van der Waals surface area contributed by atoms with Crippen LogP contribution in [0.2, 0.25) is 5.02 Å². The summed E-state index contributed by atoms with van der Waals surface area (Å²) in [6.07, 6.45) is 0. The van der Waals surface area contributed by atoms with Crippen LogP contribution in [0.3, 0.4) is 0 Å². The van der Waals surface area contributed by atoms with E-state index in [-0.39, 0.29) is 17.1 Å². The molecule has 128 valence electrons. The number of anilines is 1. The molecule has 0 fully saturated rings. The van der Waals surface area contributed by atoms with Gasteiger partial charge in [-0.15, -0.1) is 0 Å². The predicted octanol–water partition coefficient (Wildman–Crippen LogP) is 4.32. The second-order valence-corrected chi connectivity index (χ2v) is 6.80. The van der Waals surface area contributed by atoms with Crippen LogP contribution < -0.4 is 5.32 Å². The van der Waals surface area contributed by atoms with Gasteiger partial charge in [0.1, 0.15) is 22.7 Å². The van der Waals surface area contributed by atoms with E-state index in [9.17, 15) is 15.0 Å². The Morgan fingerprint density at radius 2 is 1.83 bits per heavy atom. The first-order chi connectivity index (χ1) is 11.2. The molecule has 24 heavy (non-hydrogen) atoms. The maximum atomic E-state index is 12.0.